The average Bonchev–Trinajstić information content (AvgIpc) is 2.47. The third-order valence-corrected chi connectivity index (χ3v) is 3.22. The highest BCUT2D eigenvalue weighted by atomic mass is 16.4. The number of aliphatic hydroxyl groups is 1. The second-order valence-electron chi connectivity index (χ2n) is 5.28. The molecule has 130 valence electrons. The normalized spacial score (nSPS) is 13.6. The minimum absolute atomic E-state index is 0.251. The maximum Gasteiger partial charge on any atom is 0.326 e. The van der Waals surface area contributed by atoms with E-state index in [9.17, 15) is 14.7 Å². The summed E-state index contributed by atoms with van der Waals surface area (Å²) >= 11 is 0. The van der Waals surface area contributed by atoms with Crippen molar-refractivity contribution in [3.8, 4) is 0 Å². The number of aliphatic hydroxyl groups excluding tert-OH is 1. The summed E-state index contributed by atoms with van der Waals surface area (Å²) in [6.07, 6.45) is 2.75. The van der Waals surface area contributed by atoms with Crippen molar-refractivity contribution in [1.82, 2.24) is 10.6 Å². The number of nitrogens with one attached hydrogen (secondary N) is 2. The molecule has 0 aliphatic rings. The van der Waals surface area contributed by atoms with E-state index in [-0.39, 0.29) is 12.3 Å². The molecule has 0 fully saturated rings. The number of carbonyl (C=O) groups is 2. The molecule has 0 aromatic rings. The number of hydrogen-bond donors (Lipinski definition) is 6. The van der Waals surface area contributed by atoms with Crippen LogP contribution in [0, 0.1) is 0 Å². The third kappa shape index (κ3) is 11.4. The second kappa shape index (κ2) is 13.4. The van der Waals surface area contributed by atoms with Gasteiger partial charge in [-0.1, -0.05) is 0 Å². The standard InChI is InChI=1S/C14H30N4O4/c15-7-3-5-13(20)18-12(14(21)22)4-1-2-9-17-10-11(19)6-8-16/h11-12,17,19H,1-10,15-16H2,(H,18,20)(H,21,22)/t11-,12+/m1/s1. The Balaban J connectivity index is 3.78. The Hall–Kier alpha value is -1.22. The van der Waals surface area contributed by atoms with Crippen molar-refractivity contribution < 1.29 is 19.8 Å². The number of carboxylic acid groups (broad SMARTS) is 1. The predicted octanol–water partition coefficient (Wildman–Crippen LogP) is -1.24. The third-order valence-electron chi connectivity index (χ3n) is 3.22. The molecule has 0 rings (SSSR count). The van der Waals surface area contributed by atoms with E-state index in [0.717, 1.165) is 6.42 Å². The van der Waals surface area contributed by atoms with Crippen molar-refractivity contribution in [2.24, 2.45) is 11.5 Å². The van der Waals surface area contributed by atoms with Gasteiger partial charge in [0, 0.05) is 13.0 Å². The summed E-state index contributed by atoms with van der Waals surface area (Å²) < 4.78 is 0. The number of nitrogens with two attached hydrogens (primary N) is 2. The number of amides is 1. The molecular formula is C14H30N4O4. The molecule has 2 atom stereocenters. The molecule has 0 aliphatic carbocycles. The Labute approximate surface area is 131 Å². The number of hydrogen-bond acceptors (Lipinski definition) is 6. The lowest BCUT2D eigenvalue weighted by atomic mass is 10.1. The topological polar surface area (TPSA) is 151 Å². The Morgan fingerprint density at radius 1 is 1.05 bits per heavy atom. The molecule has 0 aromatic carbocycles. The molecule has 8 heteroatoms. The lowest BCUT2D eigenvalue weighted by molar-refractivity contribution is -0.142. The Morgan fingerprint density at radius 3 is 2.36 bits per heavy atom. The second-order valence-corrected chi connectivity index (χ2v) is 5.28. The van der Waals surface area contributed by atoms with E-state index >= 15 is 0 Å². The van der Waals surface area contributed by atoms with Gasteiger partial charge in [-0.25, -0.2) is 4.79 Å². The van der Waals surface area contributed by atoms with Gasteiger partial charge in [0.2, 0.25) is 5.91 Å². The van der Waals surface area contributed by atoms with E-state index in [2.05, 4.69) is 10.6 Å². The van der Waals surface area contributed by atoms with Crippen molar-refractivity contribution in [2.75, 3.05) is 26.2 Å². The first kappa shape index (κ1) is 20.8. The van der Waals surface area contributed by atoms with Crippen LogP contribution in [0.15, 0.2) is 0 Å². The first-order valence-electron chi connectivity index (χ1n) is 7.82. The fourth-order valence-electron chi connectivity index (χ4n) is 1.95. The van der Waals surface area contributed by atoms with Crippen molar-refractivity contribution in [3.05, 3.63) is 0 Å². The van der Waals surface area contributed by atoms with Gasteiger partial charge in [-0.05, 0) is 51.7 Å². The fourth-order valence-corrected chi connectivity index (χ4v) is 1.95. The highest BCUT2D eigenvalue weighted by Crippen LogP contribution is 2.02. The summed E-state index contributed by atoms with van der Waals surface area (Å²) in [5.74, 6) is -1.30. The van der Waals surface area contributed by atoms with Gasteiger partial charge in [-0.3, -0.25) is 4.79 Å². The van der Waals surface area contributed by atoms with E-state index in [1.165, 1.54) is 0 Å². The zero-order valence-corrected chi connectivity index (χ0v) is 13.1. The summed E-state index contributed by atoms with van der Waals surface area (Å²) in [7, 11) is 0. The lowest BCUT2D eigenvalue weighted by Crippen LogP contribution is -2.40. The fraction of sp³-hybridized carbons (Fsp3) is 0.857. The van der Waals surface area contributed by atoms with Gasteiger partial charge in [-0.15, -0.1) is 0 Å². The van der Waals surface area contributed by atoms with Gasteiger partial charge in [0.05, 0.1) is 6.10 Å². The average molecular weight is 318 g/mol. The zero-order chi connectivity index (χ0) is 16.8. The summed E-state index contributed by atoms with van der Waals surface area (Å²) in [6.45, 7) is 2.03. The number of carbonyl (C=O) groups excluding carboxylic acids is 1. The molecular weight excluding hydrogens is 288 g/mol. The lowest BCUT2D eigenvalue weighted by Gasteiger charge is -2.15. The van der Waals surface area contributed by atoms with E-state index < -0.39 is 18.1 Å². The van der Waals surface area contributed by atoms with Gasteiger partial charge < -0.3 is 32.3 Å². The molecule has 0 bridgehead atoms. The Morgan fingerprint density at radius 2 is 1.77 bits per heavy atom. The molecule has 0 spiro atoms. The van der Waals surface area contributed by atoms with Crippen LogP contribution in [0.3, 0.4) is 0 Å². The molecule has 0 aliphatic heterocycles. The molecule has 0 saturated heterocycles. The quantitative estimate of drug-likeness (QED) is 0.219. The largest absolute Gasteiger partial charge is 0.480 e. The molecule has 0 saturated carbocycles. The van der Waals surface area contributed by atoms with Gasteiger partial charge in [-0.2, -0.15) is 0 Å². The maximum absolute atomic E-state index is 11.5. The molecule has 0 heterocycles. The molecule has 22 heavy (non-hydrogen) atoms. The molecule has 1 amide bonds. The summed E-state index contributed by atoms with van der Waals surface area (Å²) in [5, 5.41) is 24.1. The molecule has 0 unspecified atom stereocenters. The summed E-state index contributed by atoms with van der Waals surface area (Å²) in [5.41, 5.74) is 10.6. The minimum atomic E-state index is -1.02. The number of rotatable bonds is 14. The van der Waals surface area contributed by atoms with E-state index in [0.29, 0.717) is 51.9 Å². The van der Waals surface area contributed by atoms with E-state index in [1.807, 2.05) is 0 Å². The summed E-state index contributed by atoms with van der Waals surface area (Å²) in [6, 6.07) is -0.854. The van der Waals surface area contributed by atoms with Crippen LogP contribution in [-0.4, -0.2) is 60.4 Å². The van der Waals surface area contributed by atoms with Crippen LogP contribution < -0.4 is 22.1 Å². The van der Waals surface area contributed by atoms with Crippen LogP contribution in [0.5, 0.6) is 0 Å². The van der Waals surface area contributed by atoms with Crippen molar-refractivity contribution >= 4 is 11.9 Å². The maximum atomic E-state index is 11.5. The van der Waals surface area contributed by atoms with E-state index in [4.69, 9.17) is 16.6 Å². The minimum Gasteiger partial charge on any atom is -0.480 e. The molecule has 8 N–H and O–H groups in total. The molecule has 8 nitrogen and oxygen atoms in total. The van der Waals surface area contributed by atoms with Crippen molar-refractivity contribution in [1.29, 1.82) is 0 Å². The SMILES string of the molecule is NCCCC(=O)N[C@@H](CCCCNC[C@H](O)CCN)C(=O)O. The van der Waals surface area contributed by atoms with Crippen LogP contribution in [0.2, 0.25) is 0 Å². The monoisotopic (exact) mass is 318 g/mol. The van der Waals surface area contributed by atoms with E-state index in [1.54, 1.807) is 0 Å². The highest BCUT2D eigenvalue weighted by molar-refractivity contribution is 5.83. The highest BCUT2D eigenvalue weighted by Gasteiger charge is 2.18. The number of carboxylic acids is 1. The van der Waals surface area contributed by atoms with Crippen molar-refractivity contribution in [2.45, 2.75) is 50.7 Å². The smallest absolute Gasteiger partial charge is 0.326 e. The van der Waals surface area contributed by atoms with Crippen LogP contribution in [0.25, 0.3) is 0 Å². The van der Waals surface area contributed by atoms with Crippen molar-refractivity contribution in [3.63, 3.8) is 0 Å². The van der Waals surface area contributed by atoms with Gasteiger partial charge in [0.15, 0.2) is 0 Å². The number of aliphatic carboxylic acids is 1. The molecule has 0 radical (unpaired) electrons. The Bertz CT molecular complexity index is 315. The van der Waals surface area contributed by atoms with Crippen LogP contribution in [0.4, 0.5) is 0 Å². The van der Waals surface area contributed by atoms with Crippen LogP contribution in [0.1, 0.15) is 38.5 Å². The zero-order valence-electron chi connectivity index (χ0n) is 13.1. The van der Waals surface area contributed by atoms with Crippen LogP contribution >= 0.6 is 0 Å². The van der Waals surface area contributed by atoms with Gasteiger partial charge >= 0.3 is 5.97 Å². The first-order chi connectivity index (χ1) is 10.5. The number of unbranched alkanes of at least 4 members (excludes halogenated alkanes) is 1. The first-order valence-corrected chi connectivity index (χ1v) is 7.82. The predicted molar refractivity (Wildman–Crippen MR) is 84.3 cm³/mol. The van der Waals surface area contributed by atoms with Gasteiger partial charge in [0.25, 0.3) is 0 Å². The summed E-state index contributed by atoms with van der Waals surface area (Å²) in [4.78, 5) is 22.6. The van der Waals surface area contributed by atoms with Gasteiger partial charge in [0.1, 0.15) is 6.04 Å². The van der Waals surface area contributed by atoms with Crippen LogP contribution in [-0.2, 0) is 9.59 Å². The Kier molecular flexibility index (Phi) is 12.7. The molecule has 0 aromatic heterocycles.